The molecule has 0 aliphatic rings. The van der Waals surface area contributed by atoms with Gasteiger partial charge in [-0.3, -0.25) is 9.97 Å². The molecule has 2 aromatic heterocycles. The van der Waals surface area contributed by atoms with Gasteiger partial charge >= 0.3 is 11.9 Å². The molecule has 0 amide bonds. The van der Waals surface area contributed by atoms with Gasteiger partial charge in [0.05, 0.1) is 18.2 Å². The molecule has 0 radical (unpaired) electrons. The Balaban J connectivity index is 0.000000200. The standard InChI is InChI=1S/2C7H7NO2/c1-10-7(9)6-2-4-8-5-3-6;1-5-4-6(7(9)10)2-3-8-5/h2-5H,1H3;2-4H,1H3,(H,9,10). The van der Waals surface area contributed by atoms with Crippen molar-refractivity contribution in [2.45, 2.75) is 6.92 Å². The highest BCUT2D eigenvalue weighted by atomic mass is 16.5. The summed E-state index contributed by atoms with van der Waals surface area (Å²) in [5.41, 5.74) is 1.53. The largest absolute Gasteiger partial charge is 0.478 e. The highest BCUT2D eigenvalue weighted by Crippen LogP contribution is 1.99. The smallest absolute Gasteiger partial charge is 0.337 e. The molecule has 6 nitrogen and oxygen atoms in total. The molecule has 20 heavy (non-hydrogen) atoms. The van der Waals surface area contributed by atoms with Gasteiger partial charge in [0.1, 0.15) is 0 Å². The number of carbonyl (C=O) groups is 2. The number of carboxylic acid groups (broad SMARTS) is 1. The van der Waals surface area contributed by atoms with Crippen LogP contribution in [0.25, 0.3) is 0 Å². The number of aryl methyl sites for hydroxylation is 1. The summed E-state index contributed by atoms with van der Waals surface area (Å²) in [4.78, 5) is 28.7. The fourth-order valence-electron chi connectivity index (χ4n) is 1.28. The van der Waals surface area contributed by atoms with Crippen molar-refractivity contribution >= 4 is 11.9 Å². The number of aromatic carboxylic acids is 1. The SMILES string of the molecule is COC(=O)c1ccncc1.Cc1cc(C(=O)O)ccn1. The van der Waals surface area contributed by atoms with Gasteiger partial charge in [-0.15, -0.1) is 0 Å². The summed E-state index contributed by atoms with van der Waals surface area (Å²) in [6.45, 7) is 1.76. The first-order chi connectivity index (χ1) is 9.54. The monoisotopic (exact) mass is 274 g/mol. The zero-order chi connectivity index (χ0) is 15.0. The summed E-state index contributed by atoms with van der Waals surface area (Å²) in [5, 5.41) is 8.48. The van der Waals surface area contributed by atoms with E-state index in [1.54, 1.807) is 31.5 Å². The number of carbonyl (C=O) groups excluding carboxylic acids is 1. The Morgan fingerprint density at radius 3 is 2.15 bits per heavy atom. The second kappa shape index (κ2) is 7.63. The van der Waals surface area contributed by atoms with Gasteiger partial charge < -0.3 is 9.84 Å². The number of esters is 1. The Labute approximate surface area is 116 Å². The van der Waals surface area contributed by atoms with E-state index in [-0.39, 0.29) is 11.5 Å². The van der Waals surface area contributed by atoms with Crippen molar-refractivity contribution < 1.29 is 19.4 Å². The van der Waals surface area contributed by atoms with Crippen molar-refractivity contribution in [1.82, 2.24) is 9.97 Å². The van der Waals surface area contributed by atoms with Gasteiger partial charge in [0.2, 0.25) is 0 Å². The number of nitrogens with zero attached hydrogens (tertiary/aromatic N) is 2. The maximum Gasteiger partial charge on any atom is 0.337 e. The Bertz CT molecular complexity index is 585. The first-order valence-corrected chi connectivity index (χ1v) is 5.69. The van der Waals surface area contributed by atoms with Crippen LogP contribution in [-0.4, -0.2) is 34.1 Å². The molecule has 2 aromatic rings. The van der Waals surface area contributed by atoms with Gasteiger partial charge in [0.15, 0.2) is 0 Å². The van der Waals surface area contributed by atoms with Gasteiger partial charge in [-0.25, -0.2) is 9.59 Å². The topological polar surface area (TPSA) is 89.4 Å². The maximum absolute atomic E-state index is 10.8. The fourth-order valence-corrected chi connectivity index (χ4v) is 1.28. The van der Waals surface area contributed by atoms with Crippen LogP contribution < -0.4 is 0 Å². The molecule has 0 aromatic carbocycles. The molecule has 0 saturated carbocycles. The molecule has 0 spiro atoms. The maximum atomic E-state index is 10.8. The molecule has 0 fully saturated rings. The van der Waals surface area contributed by atoms with E-state index >= 15 is 0 Å². The first-order valence-electron chi connectivity index (χ1n) is 5.69. The molecule has 0 saturated heterocycles. The number of ether oxygens (including phenoxy) is 1. The molecule has 0 aliphatic heterocycles. The first kappa shape index (κ1) is 15.3. The van der Waals surface area contributed by atoms with Gasteiger partial charge in [-0.2, -0.15) is 0 Å². The van der Waals surface area contributed by atoms with Crippen LogP contribution in [-0.2, 0) is 4.74 Å². The van der Waals surface area contributed by atoms with Crippen LogP contribution in [0.3, 0.4) is 0 Å². The van der Waals surface area contributed by atoms with Crippen LogP contribution in [0.5, 0.6) is 0 Å². The number of rotatable bonds is 2. The normalized spacial score (nSPS) is 9.10. The minimum Gasteiger partial charge on any atom is -0.478 e. The lowest BCUT2D eigenvalue weighted by atomic mass is 10.2. The number of carboxylic acids is 1. The van der Waals surface area contributed by atoms with Gasteiger partial charge in [0.25, 0.3) is 0 Å². The zero-order valence-corrected chi connectivity index (χ0v) is 11.1. The number of pyridine rings is 2. The average molecular weight is 274 g/mol. The third kappa shape index (κ3) is 4.85. The van der Waals surface area contributed by atoms with Crippen molar-refractivity contribution in [3.05, 3.63) is 59.7 Å². The molecular weight excluding hydrogens is 260 g/mol. The molecule has 1 N–H and O–H groups in total. The van der Waals surface area contributed by atoms with Crippen molar-refractivity contribution in [2.75, 3.05) is 7.11 Å². The average Bonchev–Trinajstić information content (AvgIpc) is 2.48. The van der Waals surface area contributed by atoms with Crippen LogP contribution in [0.4, 0.5) is 0 Å². The number of hydrogen-bond donors (Lipinski definition) is 1. The zero-order valence-electron chi connectivity index (χ0n) is 11.1. The van der Waals surface area contributed by atoms with Gasteiger partial charge in [-0.05, 0) is 31.2 Å². The molecular formula is C14H14N2O4. The van der Waals surface area contributed by atoms with E-state index in [1.807, 2.05) is 0 Å². The van der Waals surface area contributed by atoms with E-state index < -0.39 is 5.97 Å². The summed E-state index contributed by atoms with van der Waals surface area (Å²) in [6.07, 6.45) is 4.58. The molecule has 0 atom stereocenters. The fraction of sp³-hybridized carbons (Fsp3) is 0.143. The van der Waals surface area contributed by atoms with Crippen molar-refractivity contribution in [3.8, 4) is 0 Å². The van der Waals surface area contributed by atoms with Crippen LogP contribution in [0.1, 0.15) is 26.4 Å². The number of aromatic nitrogens is 2. The summed E-state index contributed by atoms with van der Waals surface area (Å²) < 4.78 is 4.47. The lowest BCUT2D eigenvalue weighted by Gasteiger charge is -1.95. The Kier molecular flexibility index (Phi) is 5.83. The van der Waals surface area contributed by atoms with E-state index in [2.05, 4.69) is 14.7 Å². The lowest BCUT2D eigenvalue weighted by Crippen LogP contribution is -2.00. The number of hydrogen-bond acceptors (Lipinski definition) is 5. The van der Waals surface area contributed by atoms with Crippen molar-refractivity contribution in [1.29, 1.82) is 0 Å². The molecule has 2 heterocycles. The van der Waals surface area contributed by atoms with Crippen LogP contribution in [0, 0.1) is 6.92 Å². The summed E-state index contributed by atoms with van der Waals surface area (Å²) in [7, 11) is 1.35. The molecule has 0 unspecified atom stereocenters. The van der Waals surface area contributed by atoms with Gasteiger partial charge in [0, 0.05) is 24.3 Å². The molecule has 0 aliphatic carbocycles. The Hall–Kier alpha value is -2.76. The van der Waals surface area contributed by atoms with E-state index in [1.165, 1.54) is 25.4 Å². The summed E-state index contributed by atoms with van der Waals surface area (Å²) in [6, 6.07) is 6.20. The second-order valence-electron chi connectivity index (χ2n) is 3.72. The lowest BCUT2D eigenvalue weighted by molar-refractivity contribution is 0.0599. The van der Waals surface area contributed by atoms with Gasteiger partial charge in [-0.1, -0.05) is 0 Å². The Morgan fingerprint density at radius 2 is 1.70 bits per heavy atom. The molecule has 6 heteroatoms. The minimum atomic E-state index is -0.912. The van der Waals surface area contributed by atoms with E-state index in [0.29, 0.717) is 5.56 Å². The van der Waals surface area contributed by atoms with Crippen LogP contribution in [0.15, 0.2) is 42.9 Å². The van der Waals surface area contributed by atoms with Crippen molar-refractivity contribution in [3.63, 3.8) is 0 Å². The third-order valence-corrected chi connectivity index (χ3v) is 2.25. The predicted molar refractivity (Wildman–Crippen MR) is 71.5 cm³/mol. The van der Waals surface area contributed by atoms with Crippen molar-refractivity contribution in [2.24, 2.45) is 0 Å². The quantitative estimate of drug-likeness (QED) is 0.842. The number of methoxy groups -OCH3 is 1. The summed E-state index contributed by atoms with van der Waals surface area (Å²) >= 11 is 0. The predicted octanol–water partition coefficient (Wildman–Crippen LogP) is 1.96. The molecule has 2 rings (SSSR count). The van der Waals surface area contributed by atoms with E-state index in [9.17, 15) is 9.59 Å². The van der Waals surface area contributed by atoms with Crippen LogP contribution in [0.2, 0.25) is 0 Å². The second-order valence-corrected chi connectivity index (χ2v) is 3.72. The van der Waals surface area contributed by atoms with E-state index in [4.69, 9.17) is 5.11 Å². The Morgan fingerprint density at radius 1 is 1.10 bits per heavy atom. The minimum absolute atomic E-state index is 0.285. The highest BCUT2D eigenvalue weighted by Gasteiger charge is 2.01. The molecule has 0 bridgehead atoms. The van der Waals surface area contributed by atoms with Crippen LogP contribution >= 0.6 is 0 Å². The van der Waals surface area contributed by atoms with E-state index in [0.717, 1.165) is 5.69 Å². The summed E-state index contributed by atoms with van der Waals surface area (Å²) in [5.74, 6) is -1.24. The third-order valence-electron chi connectivity index (χ3n) is 2.25. The molecule has 104 valence electrons. The highest BCUT2D eigenvalue weighted by molar-refractivity contribution is 5.89.